The van der Waals surface area contributed by atoms with Crippen LogP contribution in [0.3, 0.4) is 0 Å². The fraction of sp³-hybridized carbons (Fsp3) is 0.250. The lowest BCUT2D eigenvalue weighted by atomic mass is 10.1. The first-order valence-corrected chi connectivity index (χ1v) is 7.69. The van der Waals surface area contributed by atoms with Crippen LogP contribution in [0.4, 0.5) is 0 Å². The molecule has 1 N–H and O–H groups in total. The van der Waals surface area contributed by atoms with Gasteiger partial charge in [-0.15, -0.1) is 11.3 Å². The number of fused-ring (bicyclic) bond motifs is 1. The van der Waals surface area contributed by atoms with Crippen LogP contribution in [0.25, 0.3) is 21.3 Å². The van der Waals surface area contributed by atoms with Crippen LogP contribution in [-0.2, 0) is 0 Å². The molecule has 2 aromatic heterocycles. The highest BCUT2D eigenvalue weighted by Gasteiger charge is 2.12. The Morgan fingerprint density at radius 3 is 2.95 bits per heavy atom. The third-order valence-corrected chi connectivity index (χ3v) is 4.27. The van der Waals surface area contributed by atoms with Crippen molar-refractivity contribution in [3.63, 3.8) is 0 Å². The Morgan fingerprint density at radius 1 is 1.25 bits per heavy atom. The summed E-state index contributed by atoms with van der Waals surface area (Å²) < 4.78 is 0. The number of nitrogens with one attached hydrogen (secondary N) is 1. The van der Waals surface area contributed by atoms with Crippen molar-refractivity contribution in [2.45, 2.75) is 19.9 Å². The number of thiazole rings is 1. The maximum absolute atomic E-state index is 4.77. The zero-order valence-corrected chi connectivity index (χ0v) is 12.4. The number of nitrogens with zero attached hydrogens (tertiary/aromatic N) is 2. The molecule has 0 fully saturated rings. The number of hydrogen-bond acceptors (Lipinski definition) is 4. The molecule has 0 saturated heterocycles. The van der Waals surface area contributed by atoms with Crippen molar-refractivity contribution in [3.05, 3.63) is 47.7 Å². The van der Waals surface area contributed by atoms with Gasteiger partial charge in [-0.25, -0.2) is 4.98 Å². The molecule has 4 heteroatoms. The summed E-state index contributed by atoms with van der Waals surface area (Å²) in [6, 6.07) is 8.59. The summed E-state index contributed by atoms with van der Waals surface area (Å²) in [5.74, 6) is 0. The summed E-state index contributed by atoms with van der Waals surface area (Å²) >= 11 is 1.68. The molecule has 3 nitrogen and oxygen atoms in total. The zero-order valence-electron chi connectivity index (χ0n) is 11.6. The van der Waals surface area contributed by atoms with Gasteiger partial charge in [0.05, 0.1) is 5.69 Å². The van der Waals surface area contributed by atoms with E-state index in [0.29, 0.717) is 0 Å². The van der Waals surface area contributed by atoms with Crippen molar-refractivity contribution in [3.8, 4) is 10.6 Å². The molecule has 2 heterocycles. The normalized spacial score (nSPS) is 12.7. The highest BCUT2D eigenvalue weighted by atomic mass is 32.1. The lowest BCUT2D eigenvalue weighted by molar-refractivity contribution is 0.587. The number of benzene rings is 1. The first-order valence-electron chi connectivity index (χ1n) is 6.81. The molecule has 0 spiro atoms. The Morgan fingerprint density at radius 2 is 2.10 bits per heavy atom. The van der Waals surface area contributed by atoms with E-state index < -0.39 is 0 Å². The summed E-state index contributed by atoms with van der Waals surface area (Å²) in [6.07, 6.45) is 3.80. The monoisotopic (exact) mass is 283 g/mol. The predicted octanol–water partition coefficient (Wildman–Crippen LogP) is 4.03. The minimum atomic E-state index is 0.285. The van der Waals surface area contributed by atoms with Gasteiger partial charge < -0.3 is 5.32 Å². The molecule has 102 valence electrons. The number of pyridine rings is 1. The summed E-state index contributed by atoms with van der Waals surface area (Å²) in [4.78, 5) is 9.10. The Hall–Kier alpha value is -1.78. The van der Waals surface area contributed by atoms with Crippen molar-refractivity contribution in [2.75, 3.05) is 6.54 Å². The van der Waals surface area contributed by atoms with Gasteiger partial charge in [0, 0.05) is 34.8 Å². The molecule has 20 heavy (non-hydrogen) atoms. The quantitative estimate of drug-likeness (QED) is 0.785. The number of rotatable bonds is 4. The standard InChI is InChI=1S/C16H17N3S/c1-3-18-11(2)15-10-20-16(19-15)14-9-17-8-12-6-4-5-7-13(12)14/h4-11,18H,3H2,1-2H3. The van der Waals surface area contributed by atoms with E-state index in [1.807, 2.05) is 18.5 Å². The molecule has 3 aromatic rings. The van der Waals surface area contributed by atoms with Crippen molar-refractivity contribution in [1.29, 1.82) is 0 Å². The van der Waals surface area contributed by atoms with Gasteiger partial charge in [-0.1, -0.05) is 31.2 Å². The van der Waals surface area contributed by atoms with Gasteiger partial charge in [0.2, 0.25) is 0 Å². The van der Waals surface area contributed by atoms with Crippen molar-refractivity contribution < 1.29 is 0 Å². The van der Waals surface area contributed by atoms with E-state index in [0.717, 1.165) is 28.2 Å². The minimum Gasteiger partial charge on any atom is -0.309 e. The van der Waals surface area contributed by atoms with E-state index in [2.05, 4.69) is 47.7 Å². The smallest absolute Gasteiger partial charge is 0.125 e. The van der Waals surface area contributed by atoms with Gasteiger partial charge in [0.1, 0.15) is 5.01 Å². The second-order valence-electron chi connectivity index (χ2n) is 4.77. The lowest BCUT2D eigenvalue weighted by Crippen LogP contribution is -2.17. The molecule has 0 bridgehead atoms. The van der Waals surface area contributed by atoms with Crippen molar-refractivity contribution in [2.24, 2.45) is 0 Å². The zero-order chi connectivity index (χ0) is 13.9. The van der Waals surface area contributed by atoms with Crippen LogP contribution in [-0.4, -0.2) is 16.5 Å². The third-order valence-electron chi connectivity index (χ3n) is 3.37. The number of hydrogen-bond donors (Lipinski definition) is 1. The molecule has 0 radical (unpaired) electrons. The van der Waals surface area contributed by atoms with Crippen LogP contribution >= 0.6 is 11.3 Å². The highest BCUT2D eigenvalue weighted by molar-refractivity contribution is 7.13. The van der Waals surface area contributed by atoms with E-state index in [-0.39, 0.29) is 6.04 Å². The Balaban J connectivity index is 2.03. The van der Waals surface area contributed by atoms with E-state index in [1.54, 1.807) is 11.3 Å². The van der Waals surface area contributed by atoms with E-state index in [4.69, 9.17) is 4.98 Å². The summed E-state index contributed by atoms with van der Waals surface area (Å²) in [5.41, 5.74) is 2.21. The fourth-order valence-corrected chi connectivity index (χ4v) is 3.24. The first kappa shape index (κ1) is 13.2. The van der Waals surface area contributed by atoms with Gasteiger partial charge in [0.15, 0.2) is 0 Å². The molecular formula is C16H17N3S. The largest absolute Gasteiger partial charge is 0.309 e. The van der Waals surface area contributed by atoms with E-state index in [9.17, 15) is 0 Å². The molecule has 1 aromatic carbocycles. The van der Waals surface area contributed by atoms with Crippen LogP contribution < -0.4 is 5.32 Å². The average Bonchev–Trinajstić information content (AvgIpc) is 2.97. The third kappa shape index (κ3) is 2.44. The molecule has 0 amide bonds. The molecule has 0 saturated carbocycles. The second kappa shape index (κ2) is 5.69. The average molecular weight is 283 g/mol. The van der Waals surface area contributed by atoms with Crippen molar-refractivity contribution in [1.82, 2.24) is 15.3 Å². The van der Waals surface area contributed by atoms with E-state index >= 15 is 0 Å². The Bertz CT molecular complexity index is 715. The van der Waals surface area contributed by atoms with Gasteiger partial charge >= 0.3 is 0 Å². The lowest BCUT2D eigenvalue weighted by Gasteiger charge is -2.08. The molecule has 0 aliphatic carbocycles. The molecule has 0 aliphatic rings. The van der Waals surface area contributed by atoms with Crippen LogP contribution in [0.2, 0.25) is 0 Å². The maximum Gasteiger partial charge on any atom is 0.125 e. The highest BCUT2D eigenvalue weighted by Crippen LogP contribution is 2.31. The van der Waals surface area contributed by atoms with Gasteiger partial charge in [-0.3, -0.25) is 4.98 Å². The van der Waals surface area contributed by atoms with Gasteiger partial charge in [-0.05, 0) is 18.9 Å². The molecule has 1 atom stereocenters. The second-order valence-corrected chi connectivity index (χ2v) is 5.62. The maximum atomic E-state index is 4.77. The summed E-state index contributed by atoms with van der Waals surface area (Å²) in [6.45, 7) is 5.20. The van der Waals surface area contributed by atoms with E-state index in [1.165, 1.54) is 5.39 Å². The van der Waals surface area contributed by atoms with Crippen molar-refractivity contribution >= 4 is 22.1 Å². The van der Waals surface area contributed by atoms with Crippen LogP contribution in [0.5, 0.6) is 0 Å². The summed E-state index contributed by atoms with van der Waals surface area (Å²) in [5, 5.41) is 8.92. The minimum absolute atomic E-state index is 0.285. The molecular weight excluding hydrogens is 266 g/mol. The SMILES string of the molecule is CCNC(C)c1csc(-c2cncc3ccccc23)n1. The van der Waals surface area contributed by atoms with Crippen LogP contribution in [0, 0.1) is 0 Å². The van der Waals surface area contributed by atoms with Gasteiger partial charge in [0.25, 0.3) is 0 Å². The van der Waals surface area contributed by atoms with Crippen LogP contribution in [0.1, 0.15) is 25.6 Å². The predicted molar refractivity (Wildman–Crippen MR) is 84.9 cm³/mol. The molecule has 1 unspecified atom stereocenters. The first-order chi connectivity index (χ1) is 9.79. The Labute approximate surface area is 122 Å². The topological polar surface area (TPSA) is 37.8 Å². The molecule has 3 rings (SSSR count). The summed E-state index contributed by atoms with van der Waals surface area (Å²) in [7, 11) is 0. The van der Waals surface area contributed by atoms with Crippen LogP contribution in [0.15, 0.2) is 42.0 Å². The molecule has 0 aliphatic heterocycles. The van der Waals surface area contributed by atoms with Gasteiger partial charge in [-0.2, -0.15) is 0 Å². The fourth-order valence-electron chi connectivity index (χ4n) is 2.31. The number of aromatic nitrogens is 2. The Kier molecular flexibility index (Phi) is 3.76.